The van der Waals surface area contributed by atoms with Crippen molar-refractivity contribution in [2.75, 3.05) is 39.5 Å². The fourth-order valence-electron chi connectivity index (χ4n) is 2.60. The van der Waals surface area contributed by atoms with Gasteiger partial charge in [-0.1, -0.05) is 0 Å². The van der Waals surface area contributed by atoms with Gasteiger partial charge in [-0.3, -0.25) is 4.99 Å². The molecular weight excluding hydrogens is 455 g/mol. The van der Waals surface area contributed by atoms with Gasteiger partial charge in [0.2, 0.25) is 0 Å². The summed E-state index contributed by atoms with van der Waals surface area (Å²) in [5.41, 5.74) is 0.350. The van der Waals surface area contributed by atoms with Crippen LogP contribution in [0.3, 0.4) is 0 Å². The first-order chi connectivity index (χ1) is 12.2. The number of hydrogen-bond donors (Lipinski definition) is 2. The van der Waals surface area contributed by atoms with E-state index >= 15 is 0 Å². The second-order valence-corrected chi connectivity index (χ2v) is 5.88. The maximum atomic E-state index is 13.6. The summed E-state index contributed by atoms with van der Waals surface area (Å²) < 4.78 is 37.8. The zero-order valence-electron chi connectivity index (χ0n) is 15.1. The van der Waals surface area contributed by atoms with Crippen molar-refractivity contribution in [3.8, 4) is 0 Å². The molecular formula is C18H28F2IN3O2. The molecule has 5 nitrogen and oxygen atoms in total. The van der Waals surface area contributed by atoms with E-state index in [0.29, 0.717) is 44.2 Å². The highest BCUT2D eigenvalue weighted by atomic mass is 127. The van der Waals surface area contributed by atoms with Crippen LogP contribution in [-0.2, 0) is 15.9 Å². The molecule has 0 aromatic heterocycles. The van der Waals surface area contributed by atoms with E-state index in [-0.39, 0.29) is 30.1 Å². The zero-order chi connectivity index (χ0) is 17.9. The van der Waals surface area contributed by atoms with Crippen molar-refractivity contribution < 1.29 is 18.3 Å². The molecule has 2 N–H and O–H groups in total. The molecule has 0 saturated carbocycles. The quantitative estimate of drug-likeness (QED) is 0.246. The summed E-state index contributed by atoms with van der Waals surface area (Å²) in [7, 11) is 0. The third-order valence-corrected chi connectivity index (χ3v) is 3.87. The summed E-state index contributed by atoms with van der Waals surface area (Å²) in [5.74, 6) is -0.187. The molecule has 1 heterocycles. The van der Waals surface area contributed by atoms with Crippen LogP contribution in [-0.4, -0.2) is 51.5 Å². The molecule has 1 aromatic rings. The number of nitrogens with zero attached hydrogens (tertiary/aromatic N) is 1. The first kappa shape index (κ1) is 23.0. The van der Waals surface area contributed by atoms with Gasteiger partial charge in [0.1, 0.15) is 11.6 Å². The Morgan fingerprint density at radius 2 is 2.19 bits per heavy atom. The van der Waals surface area contributed by atoms with Crippen LogP contribution in [0.1, 0.15) is 25.3 Å². The second kappa shape index (κ2) is 13.2. The van der Waals surface area contributed by atoms with Crippen molar-refractivity contribution in [2.45, 2.75) is 32.3 Å². The summed E-state index contributed by atoms with van der Waals surface area (Å²) in [6.07, 6.45) is 2.76. The predicted molar refractivity (Wildman–Crippen MR) is 109 cm³/mol. The van der Waals surface area contributed by atoms with Crippen LogP contribution in [0.4, 0.5) is 8.78 Å². The van der Waals surface area contributed by atoms with Gasteiger partial charge >= 0.3 is 0 Å². The lowest BCUT2D eigenvalue weighted by Gasteiger charge is -2.12. The minimum absolute atomic E-state index is 0. The standard InChI is InChI=1S/C18H27F2N3O2.HI/c1-2-21-18(23-9-11-24-13-16-4-3-10-25-16)22-8-7-14-12-15(19)5-6-17(14)20;/h5-6,12,16H,2-4,7-11,13H2,1H3,(H2,21,22,23);1H. The van der Waals surface area contributed by atoms with Gasteiger partial charge in [-0.25, -0.2) is 8.78 Å². The number of hydrogen-bond acceptors (Lipinski definition) is 3. The fraction of sp³-hybridized carbons (Fsp3) is 0.611. The Morgan fingerprint density at radius 3 is 2.92 bits per heavy atom. The molecule has 1 saturated heterocycles. The Morgan fingerprint density at radius 1 is 1.35 bits per heavy atom. The number of halogens is 3. The third-order valence-electron chi connectivity index (χ3n) is 3.87. The molecule has 0 radical (unpaired) electrons. The molecule has 0 aliphatic carbocycles. The smallest absolute Gasteiger partial charge is 0.191 e. The number of rotatable bonds is 9. The second-order valence-electron chi connectivity index (χ2n) is 5.88. The van der Waals surface area contributed by atoms with Crippen molar-refractivity contribution in [3.05, 3.63) is 35.4 Å². The minimum Gasteiger partial charge on any atom is -0.377 e. The molecule has 1 unspecified atom stereocenters. The van der Waals surface area contributed by atoms with Gasteiger partial charge in [0.25, 0.3) is 0 Å². The van der Waals surface area contributed by atoms with Crippen LogP contribution >= 0.6 is 24.0 Å². The van der Waals surface area contributed by atoms with Crippen molar-refractivity contribution in [2.24, 2.45) is 4.99 Å². The highest BCUT2D eigenvalue weighted by molar-refractivity contribution is 14.0. The third kappa shape index (κ3) is 8.59. The summed E-state index contributed by atoms with van der Waals surface area (Å²) in [6, 6.07) is 3.49. The maximum absolute atomic E-state index is 13.6. The normalized spacial score (nSPS) is 17.0. The largest absolute Gasteiger partial charge is 0.377 e. The van der Waals surface area contributed by atoms with Gasteiger partial charge in [0.15, 0.2) is 5.96 Å². The van der Waals surface area contributed by atoms with E-state index in [2.05, 4.69) is 15.6 Å². The molecule has 0 spiro atoms. The predicted octanol–water partition coefficient (Wildman–Crippen LogP) is 2.88. The Balaban J connectivity index is 0.00000338. The van der Waals surface area contributed by atoms with Crippen LogP contribution in [0.2, 0.25) is 0 Å². The monoisotopic (exact) mass is 483 g/mol. The van der Waals surface area contributed by atoms with Gasteiger partial charge in [0, 0.05) is 19.7 Å². The molecule has 1 aliphatic heterocycles. The average molecular weight is 483 g/mol. The minimum atomic E-state index is -0.430. The Bertz CT molecular complexity index is 555. The zero-order valence-corrected chi connectivity index (χ0v) is 17.4. The Hall–Kier alpha value is -1.00. The number of benzene rings is 1. The fourth-order valence-corrected chi connectivity index (χ4v) is 2.60. The van der Waals surface area contributed by atoms with Crippen molar-refractivity contribution in [3.63, 3.8) is 0 Å². The van der Waals surface area contributed by atoms with Crippen molar-refractivity contribution >= 4 is 29.9 Å². The van der Waals surface area contributed by atoms with E-state index in [4.69, 9.17) is 9.47 Å². The first-order valence-corrected chi connectivity index (χ1v) is 8.84. The highest BCUT2D eigenvalue weighted by Crippen LogP contribution is 2.11. The van der Waals surface area contributed by atoms with Crippen LogP contribution in [0, 0.1) is 11.6 Å². The molecule has 1 fully saturated rings. The van der Waals surface area contributed by atoms with E-state index in [9.17, 15) is 8.78 Å². The van der Waals surface area contributed by atoms with E-state index < -0.39 is 11.6 Å². The molecule has 1 aliphatic rings. The number of guanidine groups is 1. The van der Waals surface area contributed by atoms with Crippen LogP contribution < -0.4 is 10.6 Å². The highest BCUT2D eigenvalue weighted by Gasteiger charge is 2.14. The Labute approximate surface area is 171 Å². The van der Waals surface area contributed by atoms with Crippen LogP contribution in [0.5, 0.6) is 0 Å². The van der Waals surface area contributed by atoms with Crippen LogP contribution in [0.15, 0.2) is 23.2 Å². The number of aliphatic imine (C=N–C) groups is 1. The first-order valence-electron chi connectivity index (χ1n) is 8.84. The summed E-state index contributed by atoms with van der Waals surface area (Å²) in [5, 5.41) is 6.24. The lowest BCUT2D eigenvalue weighted by atomic mass is 10.1. The molecule has 8 heteroatoms. The molecule has 1 atom stereocenters. The van der Waals surface area contributed by atoms with Gasteiger partial charge < -0.3 is 20.1 Å². The number of ether oxygens (including phenoxy) is 2. The van der Waals surface area contributed by atoms with Crippen molar-refractivity contribution in [1.82, 2.24) is 10.6 Å². The Kier molecular flexibility index (Phi) is 11.7. The maximum Gasteiger partial charge on any atom is 0.191 e. The topological polar surface area (TPSA) is 54.9 Å². The summed E-state index contributed by atoms with van der Waals surface area (Å²) in [6.45, 7) is 5.63. The van der Waals surface area contributed by atoms with Gasteiger partial charge in [-0.2, -0.15) is 0 Å². The lowest BCUT2D eigenvalue weighted by Crippen LogP contribution is -2.38. The SMILES string of the molecule is CCNC(=NCCOCC1CCCO1)NCCc1cc(F)ccc1F.I. The molecule has 148 valence electrons. The van der Waals surface area contributed by atoms with Gasteiger partial charge in [-0.15, -0.1) is 24.0 Å². The average Bonchev–Trinajstić information content (AvgIpc) is 3.11. The van der Waals surface area contributed by atoms with Gasteiger partial charge in [-0.05, 0) is 49.9 Å². The van der Waals surface area contributed by atoms with E-state index in [1.54, 1.807) is 0 Å². The van der Waals surface area contributed by atoms with Crippen LogP contribution in [0.25, 0.3) is 0 Å². The summed E-state index contributed by atoms with van der Waals surface area (Å²) in [4.78, 5) is 4.41. The van der Waals surface area contributed by atoms with Crippen molar-refractivity contribution in [1.29, 1.82) is 0 Å². The molecule has 26 heavy (non-hydrogen) atoms. The summed E-state index contributed by atoms with van der Waals surface area (Å²) >= 11 is 0. The van der Waals surface area contributed by atoms with E-state index in [1.165, 1.54) is 6.07 Å². The molecule has 0 bridgehead atoms. The molecule has 2 rings (SSSR count). The van der Waals surface area contributed by atoms with E-state index in [1.807, 2.05) is 6.92 Å². The van der Waals surface area contributed by atoms with Gasteiger partial charge in [0.05, 0.1) is 25.9 Å². The molecule has 1 aromatic carbocycles. The lowest BCUT2D eigenvalue weighted by molar-refractivity contribution is 0.0200. The van der Waals surface area contributed by atoms with E-state index in [0.717, 1.165) is 38.1 Å². The molecule has 0 amide bonds. The number of nitrogens with one attached hydrogen (secondary N) is 2.